The van der Waals surface area contributed by atoms with Crippen LogP contribution in [0.15, 0.2) is 24.5 Å². The van der Waals surface area contributed by atoms with Gasteiger partial charge in [0.1, 0.15) is 0 Å². The Labute approximate surface area is 143 Å². The highest BCUT2D eigenvalue weighted by molar-refractivity contribution is 7.89. The summed E-state index contributed by atoms with van der Waals surface area (Å²) in [6, 6.07) is 5.30. The van der Waals surface area contributed by atoms with Gasteiger partial charge in [-0.15, -0.1) is 10.2 Å². The summed E-state index contributed by atoms with van der Waals surface area (Å²) < 4.78 is 26.2. The number of nitriles is 1. The lowest BCUT2D eigenvalue weighted by molar-refractivity contribution is 0.565. The van der Waals surface area contributed by atoms with Crippen molar-refractivity contribution < 1.29 is 8.42 Å². The minimum atomic E-state index is -3.57. The summed E-state index contributed by atoms with van der Waals surface area (Å²) in [5.74, 6) is -0.526. The van der Waals surface area contributed by atoms with Crippen molar-refractivity contribution in [1.82, 2.24) is 24.9 Å². The Morgan fingerprint density at radius 1 is 1.40 bits per heavy atom. The Bertz CT molecular complexity index is 1090. The number of H-pyrrole nitrogens is 1. The van der Waals surface area contributed by atoms with E-state index in [-0.39, 0.29) is 6.04 Å². The first-order valence-electron chi connectivity index (χ1n) is 7.78. The van der Waals surface area contributed by atoms with Gasteiger partial charge in [0, 0.05) is 36.9 Å². The van der Waals surface area contributed by atoms with Gasteiger partial charge in [-0.2, -0.15) is 5.26 Å². The van der Waals surface area contributed by atoms with Crippen molar-refractivity contribution in [2.45, 2.75) is 12.5 Å². The van der Waals surface area contributed by atoms with Crippen LogP contribution in [0.4, 0.5) is 5.69 Å². The lowest BCUT2D eigenvalue weighted by Gasteiger charge is -2.20. The fourth-order valence-electron chi connectivity index (χ4n) is 3.24. The molecule has 2 N–H and O–H groups in total. The molecule has 9 nitrogen and oxygen atoms in total. The summed E-state index contributed by atoms with van der Waals surface area (Å²) in [5.41, 5.74) is 2.20. The van der Waals surface area contributed by atoms with E-state index in [0.29, 0.717) is 30.8 Å². The van der Waals surface area contributed by atoms with Crippen molar-refractivity contribution in [3.63, 3.8) is 0 Å². The fourth-order valence-corrected chi connectivity index (χ4v) is 4.19. The first kappa shape index (κ1) is 15.7. The van der Waals surface area contributed by atoms with Gasteiger partial charge < -0.3 is 9.88 Å². The third kappa shape index (κ3) is 2.88. The van der Waals surface area contributed by atoms with E-state index in [0.717, 1.165) is 16.5 Å². The van der Waals surface area contributed by atoms with Crippen LogP contribution in [0, 0.1) is 11.3 Å². The smallest absolute Gasteiger partial charge is 0.225 e. The second-order valence-corrected chi connectivity index (χ2v) is 7.69. The van der Waals surface area contributed by atoms with Crippen LogP contribution < -0.4 is 9.62 Å². The predicted molar refractivity (Wildman–Crippen MR) is 92.3 cm³/mol. The van der Waals surface area contributed by atoms with Crippen molar-refractivity contribution in [1.29, 1.82) is 5.26 Å². The zero-order chi connectivity index (χ0) is 17.4. The van der Waals surface area contributed by atoms with Crippen molar-refractivity contribution in [3.8, 4) is 6.07 Å². The molecule has 0 amide bonds. The number of aromatic amines is 1. The molecule has 1 unspecified atom stereocenters. The summed E-state index contributed by atoms with van der Waals surface area (Å²) in [5, 5.41) is 18.7. The molecule has 25 heavy (non-hydrogen) atoms. The second kappa shape index (κ2) is 5.94. The SMILES string of the molecule is N#CCS(=O)(=O)NC1CCN(c2cc[nH]c3nnc4nccc4c23)C1. The van der Waals surface area contributed by atoms with Crippen LogP contribution in [0.25, 0.3) is 22.1 Å². The van der Waals surface area contributed by atoms with E-state index in [4.69, 9.17) is 5.26 Å². The predicted octanol–water partition coefficient (Wildman–Crippen LogP) is 0.528. The number of rotatable bonds is 4. The molecule has 4 rings (SSSR count). The van der Waals surface area contributed by atoms with Crippen LogP contribution >= 0.6 is 0 Å². The molecule has 0 spiro atoms. The molecule has 0 aromatic carbocycles. The van der Waals surface area contributed by atoms with E-state index in [1.54, 1.807) is 18.5 Å². The molecule has 1 aliphatic heterocycles. The van der Waals surface area contributed by atoms with Gasteiger partial charge in [-0.1, -0.05) is 0 Å². The summed E-state index contributed by atoms with van der Waals surface area (Å²) >= 11 is 0. The molecule has 4 heterocycles. The molecule has 3 aromatic heterocycles. The van der Waals surface area contributed by atoms with Crippen molar-refractivity contribution in [2.24, 2.45) is 0 Å². The van der Waals surface area contributed by atoms with Crippen LogP contribution in [0.1, 0.15) is 6.42 Å². The van der Waals surface area contributed by atoms with Crippen LogP contribution in [-0.2, 0) is 10.0 Å². The standard InChI is InChI=1S/C15H15N7O2S/c16-4-8-25(23,24)21-10-3-7-22(9-10)12-2-6-18-15-13(12)11-1-5-17-14(11)19-20-15/h1-2,5-6,10,21H,3,7-9H2,(H,18,20). The first-order chi connectivity index (χ1) is 12.1. The van der Waals surface area contributed by atoms with Gasteiger partial charge in [-0.25, -0.2) is 18.1 Å². The minimum Gasteiger partial charge on any atom is -0.369 e. The lowest BCUT2D eigenvalue weighted by atomic mass is 10.2. The van der Waals surface area contributed by atoms with E-state index in [9.17, 15) is 8.42 Å². The average Bonchev–Trinajstić information content (AvgIpc) is 3.22. The molecule has 1 aliphatic rings. The Kier molecular flexibility index (Phi) is 3.74. The van der Waals surface area contributed by atoms with Gasteiger partial charge >= 0.3 is 0 Å². The largest absolute Gasteiger partial charge is 0.369 e. The fraction of sp³-hybridized carbons (Fsp3) is 0.333. The number of sulfonamides is 1. The highest BCUT2D eigenvalue weighted by Gasteiger charge is 2.28. The monoisotopic (exact) mass is 357 g/mol. The summed E-state index contributed by atoms with van der Waals surface area (Å²) in [7, 11) is -3.57. The molecular weight excluding hydrogens is 342 g/mol. The van der Waals surface area contributed by atoms with Gasteiger partial charge in [0.2, 0.25) is 10.0 Å². The molecule has 0 bridgehead atoms. The lowest BCUT2D eigenvalue weighted by Crippen LogP contribution is -2.38. The van der Waals surface area contributed by atoms with Gasteiger partial charge in [0.05, 0.1) is 17.1 Å². The van der Waals surface area contributed by atoms with E-state index in [2.05, 4.69) is 29.8 Å². The van der Waals surface area contributed by atoms with Gasteiger partial charge in [-0.3, -0.25) is 0 Å². The minimum absolute atomic E-state index is 0.222. The molecule has 0 radical (unpaired) electrons. The van der Waals surface area contributed by atoms with Crippen molar-refractivity contribution in [3.05, 3.63) is 24.5 Å². The van der Waals surface area contributed by atoms with Crippen LogP contribution in [0.5, 0.6) is 0 Å². The Morgan fingerprint density at radius 2 is 2.28 bits per heavy atom. The molecule has 1 atom stereocenters. The van der Waals surface area contributed by atoms with Gasteiger partial charge in [0.25, 0.3) is 0 Å². The van der Waals surface area contributed by atoms with Gasteiger partial charge in [-0.05, 0) is 18.6 Å². The number of fused-ring (bicyclic) bond motifs is 3. The number of nitrogens with zero attached hydrogens (tertiary/aromatic N) is 5. The van der Waals surface area contributed by atoms with E-state index < -0.39 is 15.8 Å². The molecule has 3 aromatic rings. The molecule has 128 valence electrons. The number of hydrogen-bond donors (Lipinski definition) is 2. The van der Waals surface area contributed by atoms with E-state index in [1.807, 2.05) is 12.1 Å². The van der Waals surface area contributed by atoms with E-state index in [1.165, 1.54) is 0 Å². The second-order valence-electron chi connectivity index (χ2n) is 5.94. The number of pyridine rings is 1. The number of anilines is 1. The quantitative estimate of drug-likeness (QED) is 0.697. The Morgan fingerprint density at radius 3 is 3.12 bits per heavy atom. The van der Waals surface area contributed by atoms with Crippen LogP contribution in [-0.4, -0.2) is 53.5 Å². The van der Waals surface area contributed by atoms with Crippen molar-refractivity contribution in [2.75, 3.05) is 23.7 Å². The Balaban J connectivity index is 1.67. The first-order valence-corrected chi connectivity index (χ1v) is 9.43. The molecule has 10 heteroatoms. The number of hydrogen-bond acceptors (Lipinski definition) is 7. The molecule has 0 saturated carbocycles. The molecule has 0 aliphatic carbocycles. The van der Waals surface area contributed by atoms with Crippen molar-refractivity contribution >= 4 is 37.8 Å². The van der Waals surface area contributed by atoms with E-state index >= 15 is 0 Å². The third-order valence-corrected chi connectivity index (χ3v) is 5.48. The highest BCUT2D eigenvalue weighted by atomic mass is 32.2. The van der Waals surface area contributed by atoms with Crippen LogP contribution in [0.2, 0.25) is 0 Å². The number of nitrogens with one attached hydrogen (secondary N) is 2. The maximum Gasteiger partial charge on any atom is 0.225 e. The maximum absolute atomic E-state index is 11.8. The number of aromatic nitrogens is 4. The van der Waals surface area contributed by atoms with Gasteiger partial charge in [0.15, 0.2) is 17.0 Å². The average molecular weight is 357 g/mol. The molecule has 1 fully saturated rings. The Hall–Kier alpha value is -2.77. The summed E-state index contributed by atoms with van der Waals surface area (Å²) in [6.07, 6.45) is 4.16. The van der Waals surface area contributed by atoms with Crippen LogP contribution in [0.3, 0.4) is 0 Å². The maximum atomic E-state index is 11.8. The zero-order valence-electron chi connectivity index (χ0n) is 13.2. The topological polar surface area (TPSA) is 128 Å². The summed E-state index contributed by atoms with van der Waals surface area (Å²) in [4.78, 5) is 9.39. The summed E-state index contributed by atoms with van der Waals surface area (Å²) in [6.45, 7) is 1.23. The molecular formula is C15H15N7O2S. The third-order valence-electron chi connectivity index (χ3n) is 4.28. The highest BCUT2D eigenvalue weighted by Crippen LogP contribution is 2.31. The zero-order valence-corrected chi connectivity index (χ0v) is 14.0. The normalized spacial score (nSPS) is 18.0. The molecule has 1 saturated heterocycles.